The van der Waals surface area contributed by atoms with Crippen LogP contribution in [-0.2, 0) is 5.66 Å². The molecule has 51 heavy (non-hydrogen) atoms. The molecule has 0 bridgehead atoms. The van der Waals surface area contributed by atoms with Crippen molar-refractivity contribution in [2.45, 2.75) is 45.1 Å². The van der Waals surface area contributed by atoms with Gasteiger partial charge in [0.25, 0.3) is 0 Å². The molecule has 0 aliphatic carbocycles. The van der Waals surface area contributed by atoms with Crippen molar-refractivity contribution in [1.82, 2.24) is 0 Å². The van der Waals surface area contributed by atoms with Gasteiger partial charge in [-0.25, -0.2) is 0 Å². The zero-order valence-corrected chi connectivity index (χ0v) is 30.6. The molecule has 5 heterocycles. The van der Waals surface area contributed by atoms with Gasteiger partial charge >= 0.3 is 5.66 Å². The second-order valence-corrected chi connectivity index (χ2v) is 21.0. The molecule has 3 aromatic heterocycles. The molecule has 0 amide bonds. The highest BCUT2D eigenvalue weighted by Gasteiger charge is 2.67. The number of fused-ring (bicyclic) bond motifs is 20. The smallest absolute Gasteiger partial charge is 0.417 e. The molecule has 2 aliphatic heterocycles. The van der Waals surface area contributed by atoms with E-state index in [-0.39, 0.29) is 0 Å². The fourth-order valence-corrected chi connectivity index (χ4v) is 10.5. The number of pyridine rings is 2. The Morgan fingerprint density at radius 1 is 0.569 bits per heavy atom. The third-order valence-electron chi connectivity index (χ3n) is 11.9. The highest BCUT2D eigenvalue weighted by molar-refractivity contribution is 6.88. The van der Waals surface area contributed by atoms with E-state index in [1.54, 1.807) is 0 Å². The maximum atomic E-state index is 7.16. The second-order valence-electron chi connectivity index (χ2n) is 16.0. The Labute approximate surface area is 298 Å². The molecule has 9 aromatic rings. The molecular weight excluding hydrogens is 637 g/mol. The minimum absolute atomic E-state index is 0.395. The molecule has 4 heteroatoms. The number of aromatic nitrogens is 2. The monoisotopic (exact) mass is 674 g/mol. The van der Waals surface area contributed by atoms with Crippen molar-refractivity contribution in [3.63, 3.8) is 0 Å². The van der Waals surface area contributed by atoms with Gasteiger partial charge in [-0.3, -0.25) is 0 Å². The van der Waals surface area contributed by atoms with Gasteiger partial charge in [0.15, 0.2) is 12.4 Å². The van der Waals surface area contributed by atoms with Crippen molar-refractivity contribution in [2.75, 3.05) is 0 Å². The molecule has 1 atom stereocenters. The van der Waals surface area contributed by atoms with E-state index in [9.17, 15) is 0 Å². The van der Waals surface area contributed by atoms with Crippen molar-refractivity contribution in [1.29, 1.82) is 0 Å². The lowest BCUT2D eigenvalue weighted by Crippen LogP contribution is -2.72. The van der Waals surface area contributed by atoms with Crippen LogP contribution in [-0.4, -0.2) is 8.07 Å². The Balaban J connectivity index is 1.30. The van der Waals surface area contributed by atoms with E-state index < -0.39 is 13.7 Å². The molecule has 3 nitrogen and oxygen atoms in total. The van der Waals surface area contributed by atoms with Crippen LogP contribution in [0.15, 0.2) is 138 Å². The first-order chi connectivity index (χ1) is 24.7. The fourth-order valence-electron chi connectivity index (χ4n) is 9.35. The van der Waals surface area contributed by atoms with E-state index in [0.717, 1.165) is 21.9 Å². The SMILES string of the molecule is CC(C)c1cc[n+]2c(c1)-c1c(ccc3c1oc1cc4c5ccccc5c5ccccc5c4cc13)C21c2ccccc2-c2ccc([Si](C)(C)C)c[n+]21. The number of hydrogen-bond acceptors (Lipinski definition) is 1. The lowest BCUT2D eigenvalue weighted by molar-refractivity contribution is -0.954. The molecule has 0 N–H and O–H groups in total. The van der Waals surface area contributed by atoms with Crippen molar-refractivity contribution < 1.29 is 13.6 Å². The third-order valence-corrected chi connectivity index (χ3v) is 13.9. The number of benzene rings is 6. The van der Waals surface area contributed by atoms with Crippen molar-refractivity contribution in [2.24, 2.45) is 0 Å². The summed E-state index contributed by atoms with van der Waals surface area (Å²) in [4.78, 5) is 0. The normalized spacial score (nSPS) is 16.2. The molecule has 2 aliphatic rings. The maximum Gasteiger partial charge on any atom is 0.417 e. The van der Waals surface area contributed by atoms with Crippen LogP contribution in [0.4, 0.5) is 0 Å². The van der Waals surface area contributed by atoms with Crippen LogP contribution in [0.25, 0.3) is 76.8 Å². The van der Waals surface area contributed by atoms with Gasteiger partial charge in [-0.15, -0.1) is 9.13 Å². The van der Waals surface area contributed by atoms with Gasteiger partial charge < -0.3 is 4.42 Å². The predicted octanol–water partition coefficient (Wildman–Crippen LogP) is 10.5. The highest BCUT2D eigenvalue weighted by Crippen LogP contribution is 2.51. The van der Waals surface area contributed by atoms with Crippen molar-refractivity contribution >= 4 is 67.5 Å². The molecule has 244 valence electrons. The summed E-state index contributed by atoms with van der Waals surface area (Å²) in [5.41, 5.74) is 10.1. The molecule has 0 fully saturated rings. The summed E-state index contributed by atoms with van der Waals surface area (Å²) in [6.07, 6.45) is 4.81. The second kappa shape index (κ2) is 9.80. The van der Waals surface area contributed by atoms with Crippen molar-refractivity contribution in [3.05, 3.63) is 150 Å². The largest absolute Gasteiger partial charge is 0.455 e. The quantitative estimate of drug-likeness (QED) is 0.102. The Kier molecular flexibility index (Phi) is 5.61. The van der Waals surface area contributed by atoms with Gasteiger partial charge in [0, 0.05) is 34.2 Å². The molecule has 6 aromatic carbocycles. The van der Waals surface area contributed by atoms with Gasteiger partial charge in [0.1, 0.15) is 27.9 Å². The molecule has 11 rings (SSSR count). The predicted molar refractivity (Wildman–Crippen MR) is 213 cm³/mol. The Morgan fingerprint density at radius 3 is 1.94 bits per heavy atom. The number of rotatable bonds is 2. The van der Waals surface area contributed by atoms with Gasteiger partial charge in [-0.2, -0.15) is 0 Å². The summed E-state index contributed by atoms with van der Waals surface area (Å²) in [6.45, 7) is 11.9. The molecular formula is C47H38N2OSi+2. The zero-order chi connectivity index (χ0) is 34.4. The Morgan fingerprint density at radius 2 is 1.24 bits per heavy atom. The van der Waals surface area contributed by atoms with E-state index in [1.807, 2.05) is 0 Å². The van der Waals surface area contributed by atoms with Gasteiger partial charge in [0.05, 0.1) is 13.6 Å². The molecule has 0 radical (unpaired) electrons. The van der Waals surface area contributed by atoms with Gasteiger partial charge in [-0.1, -0.05) is 100 Å². The van der Waals surface area contributed by atoms with E-state index in [4.69, 9.17) is 4.42 Å². The Hall–Kier alpha value is -5.58. The summed E-state index contributed by atoms with van der Waals surface area (Å²) >= 11 is 0. The van der Waals surface area contributed by atoms with Crippen LogP contribution in [0, 0.1) is 0 Å². The van der Waals surface area contributed by atoms with Crippen LogP contribution in [0.3, 0.4) is 0 Å². The number of hydrogen-bond donors (Lipinski definition) is 0. The summed E-state index contributed by atoms with van der Waals surface area (Å²) < 4.78 is 12.3. The minimum atomic E-state index is -1.63. The van der Waals surface area contributed by atoms with Crippen LogP contribution in [0.5, 0.6) is 0 Å². The van der Waals surface area contributed by atoms with E-state index in [0.29, 0.717) is 5.92 Å². The lowest BCUT2D eigenvalue weighted by Gasteiger charge is -2.20. The number of furan rings is 1. The van der Waals surface area contributed by atoms with Gasteiger partial charge in [-0.05, 0) is 80.2 Å². The first-order valence-electron chi connectivity index (χ1n) is 18.2. The van der Waals surface area contributed by atoms with Crippen LogP contribution in [0.2, 0.25) is 19.6 Å². The fraction of sp³-hybridized carbons (Fsp3) is 0.149. The third kappa shape index (κ3) is 3.63. The maximum absolute atomic E-state index is 7.16. The Bertz CT molecular complexity index is 3000. The van der Waals surface area contributed by atoms with Crippen LogP contribution < -0.4 is 14.3 Å². The summed E-state index contributed by atoms with van der Waals surface area (Å²) in [5, 5.41) is 11.4. The van der Waals surface area contributed by atoms with E-state index in [2.05, 4.69) is 176 Å². The summed E-state index contributed by atoms with van der Waals surface area (Å²) in [7, 11) is -1.63. The highest BCUT2D eigenvalue weighted by atomic mass is 28.3. The minimum Gasteiger partial charge on any atom is -0.455 e. The zero-order valence-electron chi connectivity index (χ0n) is 29.6. The van der Waals surface area contributed by atoms with E-state index >= 15 is 0 Å². The first-order valence-corrected chi connectivity index (χ1v) is 21.7. The first kappa shape index (κ1) is 29.2. The molecule has 0 saturated carbocycles. The average Bonchev–Trinajstić information content (AvgIpc) is 3.76. The average molecular weight is 675 g/mol. The summed E-state index contributed by atoms with van der Waals surface area (Å²) in [6, 6.07) is 45.5. The summed E-state index contributed by atoms with van der Waals surface area (Å²) in [5.74, 6) is 0.395. The standard InChI is InChI=1S/C47H38N2OSi/c1-28(2)29-22-23-48-43(24-29)45-41(47(48)40-17-11-10-16-36(40)42-21-18-30(27-49(42)47)51(3,4)5)20-19-35-39-25-37-33-14-8-6-12-31(33)32-13-7-9-15-34(32)38(37)26-44(39)50-46(35)45/h6-28H,1-5H3/q+2. The lowest BCUT2D eigenvalue weighted by atomic mass is 9.88. The number of nitrogens with zero attached hydrogens (tertiary/aromatic N) is 2. The van der Waals surface area contributed by atoms with Crippen LogP contribution >= 0.6 is 0 Å². The van der Waals surface area contributed by atoms with Crippen molar-refractivity contribution in [3.8, 4) is 22.5 Å². The van der Waals surface area contributed by atoms with Gasteiger partial charge in [0.2, 0.25) is 11.4 Å². The topological polar surface area (TPSA) is 20.9 Å². The van der Waals surface area contributed by atoms with E-state index in [1.165, 1.54) is 76.7 Å². The van der Waals surface area contributed by atoms with Crippen LogP contribution in [0.1, 0.15) is 36.5 Å². The molecule has 1 unspecified atom stereocenters. The molecule has 1 spiro atoms. The molecule has 0 saturated heterocycles.